The van der Waals surface area contributed by atoms with E-state index in [1.807, 2.05) is 0 Å². The minimum Gasteiger partial charge on any atom is -0.360 e. The van der Waals surface area contributed by atoms with Gasteiger partial charge in [0.15, 0.2) is 11.4 Å². The van der Waals surface area contributed by atoms with Crippen molar-refractivity contribution >= 4 is 23.6 Å². The molecule has 0 spiro atoms. The number of amides is 4. The molecule has 2 aromatic carbocycles. The van der Waals surface area contributed by atoms with E-state index in [-0.39, 0.29) is 11.1 Å². The minimum absolute atomic E-state index is 0.183. The van der Waals surface area contributed by atoms with E-state index in [0.29, 0.717) is 0 Å². The highest BCUT2D eigenvalue weighted by Gasteiger charge is 2.44. The highest BCUT2D eigenvalue weighted by Crippen LogP contribution is 2.35. The average Bonchev–Trinajstić information content (AvgIpc) is 3.70. The number of hydrogen-bond donors (Lipinski definition) is 4. The largest absolute Gasteiger partial charge is 0.435 e. The fourth-order valence-electron chi connectivity index (χ4n) is 5.18. The van der Waals surface area contributed by atoms with Crippen LogP contribution in [0.4, 0.5) is 26.3 Å². The second-order valence-electron chi connectivity index (χ2n) is 11.1. The third kappa shape index (κ3) is 8.91. The second kappa shape index (κ2) is 15.4. The van der Waals surface area contributed by atoms with Gasteiger partial charge >= 0.3 is 12.4 Å². The van der Waals surface area contributed by atoms with Crippen molar-refractivity contribution in [3.63, 3.8) is 0 Å². The predicted octanol–water partition coefficient (Wildman–Crippen LogP) is 3.08. The van der Waals surface area contributed by atoms with Crippen LogP contribution in [0, 0.1) is 0 Å². The van der Waals surface area contributed by atoms with Gasteiger partial charge in [0.25, 0.3) is 11.8 Å². The molecular formula is C32H32F6N8O5. The normalized spacial score (nSPS) is 14.2. The molecule has 0 saturated carbocycles. The van der Waals surface area contributed by atoms with Gasteiger partial charge in [-0.15, -0.1) is 0 Å². The van der Waals surface area contributed by atoms with E-state index in [4.69, 9.17) is 4.74 Å². The maximum absolute atomic E-state index is 13.8. The van der Waals surface area contributed by atoms with E-state index >= 15 is 0 Å². The van der Waals surface area contributed by atoms with Crippen LogP contribution < -0.4 is 21.3 Å². The van der Waals surface area contributed by atoms with Crippen LogP contribution in [0.2, 0.25) is 0 Å². The van der Waals surface area contributed by atoms with Crippen LogP contribution in [0.1, 0.15) is 55.4 Å². The molecule has 0 saturated heterocycles. The van der Waals surface area contributed by atoms with Crippen molar-refractivity contribution < 1.29 is 50.3 Å². The van der Waals surface area contributed by atoms with Crippen LogP contribution >= 0.6 is 0 Å². The number of hydrogen-bond acceptors (Lipinski definition) is 7. The average molecular weight is 723 g/mol. The van der Waals surface area contributed by atoms with Crippen molar-refractivity contribution in [3.05, 3.63) is 107 Å². The fourth-order valence-corrected chi connectivity index (χ4v) is 5.18. The van der Waals surface area contributed by atoms with Gasteiger partial charge in [0.1, 0.15) is 24.3 Å². The number of carbonyl (C=O) groups is 4. The maximum Gasteiger partial charge on any atom is 0.435 e. The third-order valence-electron chi connectivity index (χ3n) is 7.47. The molecule has 4 N–H and O–H groups in total. The first-order valence-corrected chi connectivity index (χ1v) is 15.0. The predicted molar refractivity (Wildman–Crippen MR) is 167 cm³/mol. The first kappa shape index (κ1) is 38.1. The Labute approximate surface area is 286 Å². The number of benzene rings is 2. The van der Waals surface area contributed by atoms with E-state index in [1.165, 1.54) is 76.7 Å². The van der Waals surface area contributed by atoms with E-state index in [0.717, 1.165) is 21.8 Å². The summed E-state index contributed by atoms with van der Waals surface area (Å²) < 4.78 is 90.7. The van der Waals surface area contributed by atoms with Crippen LogP contribution in [-0.4, -0.2) is 69.4 Å². The summed E-state index contributed by atoms with van der Waals surface area (Å²) in [5.74, 6) is -4.58. The van der Waals surface area contributed by atoms with E-state index in [9.17, 15) is 45.5 Å². The zero-order valence-electron chi connectivity index (χ0n) is 27.3. The number of likely N-dealkylation sites (N-methyl/N-ethyl adjacent to an activating group) is 2. The molecule has 19 heteroatoms. The van der Waals surface area contributed by atoms with Gasteiger partial charge in [0.2, 0.25) is 11.8 Å². The lowest BCUT2D eigenvalue weighted by Gasteiger charge is -2.34. The number of halogens is 6. The Balaban J connectivity index is 1.84. The highest BCUT2D eigenvalue weighted by atomic mass is 19.4. The van der Waals surface area contributed by atoms with Gasteiger partial charge in [0, 0.05) is 40.6 Å². The number of aryl methyl sites for hydroxylation is 2. The Morgan fingerprint density at radius 3 is 1.25 bits per heavy atom. The lowest BCUT2D eigenvalue weighted by Crippen LogP contribution is -2.53. The monoisotopic (exact) mass is 722 g/mol. The number of nitrogens with one attached hydrogen (secondary N) is 4. The molecule has 4 rings (SSSR count). The van der Waals surface area contributed by atoms with Crippen LogP contribution in [-0.2, 0) is 40.8 Å². The van der Waals surface area contributed by atoms with Crippen LogP contribution in [0.3, 0.4) is 0 Å². The van der Waals surface area contributed by atoms with Gasteiger partial charge in [-0.2, -0.15) is 36.5 Å². The summed E-state index contributed by atoms with van der Waals surface area (Å²) in [5.41, 5.74) is -4.48. The van der Waals surface area contributed by atoms with Crippen molar-refractivity contribution in [3.8, 4) is 0 Å². The van der Waals surface area contributed by atoms with Crippen molar-refractivity contribution in [2.75, 3.05) is 14.1 Å². The van der Waals surface area contributed by atoms with Crippen molar-refractivity contribution in [1.82, 2.24) is 40.8 Å². The first-order valence-electron chi connectivity index (χ1n) is 15.0. The van der Waals surface area contributed by atoms with Gasteiger partial charge in [-0.05, 0) is 11.1 Å². The van der Waals surface area contributed by atoms with E-state index < -0.39 is 82.8 Å². The molecule has 4 amide bonds. The van der Waals surface area contributed by atoms with E-state index in [2.05, 4.69) is 31.5 Å². The van der Waals surface area contributed by atoms with Gasteiger partial charge in [0.05, 0.1) is 11.1 Å². The van der Waals surface area contributed by atoms with Gasteiger partial charge in [-0.3, -0.25) is 28.5 Å². The van der Waals surface area contributed by atoms with Crippen LogP contribution in [0.15, 0.2) is 73.1 Å². The number of carbonyl (C=O) groups excluding carboxylic acids is 4. The molecule has 0 aliphatic heterocycles. The molecule has 272 valence electrons. The molecular weight excluding hydrogens is 690 g/mol. The van der Waals surface area contributed by atoms with Gasteiger partial charge in [-0.1, -0.05) is 60.7 Å². The Morgan fingerprint density at radius 2 is 0.961 bits per heavy atom. The van der Waals surface area contributed by atoms with Crippen LogP contribution in [0.25, 0.3) is 0 Å². The molecule has 2 heterocycles. The molecule has 4 atom stereocenters. The molecule has 2 aromatic heterocycles. The molecule has 0 fully saturated rings. The van der Waals surface area contributed by atoms with E-state index in [1.54, 1.807) is 12.1 Å². The number of alkyl halides is 6. The van der Waals surface area contributed by atoms with Crippen molar-refractivity contribution in [2.45, 2.75) is 36.6 Å². The topological polar surface area (TPSA) is 161 Å². The van der Waals surface area contributed by atoms with Gasteiger partial charge < -0.3 is 26.0 Å². The fraction of sp³-hybridized carbons (Fsp3) is 0.312. The summed E-state index contributed by atoms with van der Waals surface area (Å²) in [6, 6.07) is 11.6. The number of aromatic nitrogens is 4. The standard InChI is InChI=1S/C32H32F6N8O5/c1-39-29(49)21(41-27(47)19-15-45(3)43-25(19)31(33,34)35)23(17-11-7-5-8-12-17)51-24(18-13-9-6-10-14-18)22(30(50)40-2)42-28(48)20-16-46(4)44-26(20)32(36,37)38/h5-16,21-24H,1-4H3,(H,39,49)(H,40,50)(H,41,47)(H,42,48). The second-order valence-corrected chi connectivity index (χ2v) is 11.1. The Hall–Kier alpha value is -5.72. The molecule has 0 aliphatic carbocycles. The summed E-state index contributed by atoms with van der Waals surface area (Å²) in [6.07, 6.45) is -11.6. The first-order chi connectivity index (χ1) is 24.0. The zero-order chi connectivity index (χ0) is 37.7. The quantitative estimate of drug-likeness (QED) is 0.164. The Morgan fingerprint density at radius 1 is 0.627 bits per heavy atom. The summed E-state index contributed by atoms with van der Waals surface area (Å²) in [4.78, 5) is 53.7. The number of ether oxygens (including phenoxy) is 1. The summed E-state index contributed by atoms with van der Waals surface area (Å²) in [5, 5.41) is 15.9. The summed E-state index contributed by atoms with van der Waals surface area (Å²) in [6.45, 7) is 0. The lowest BCUT2D eigenvalue weighted by atomic mass is 9.97. The lowest BCUT2D eigenvalue weighted by molar-refractivity contribution is -0.142. The summed E-state index contributed by atoms with van der Waals surface area (Å²) >= 11 is 0. The SMILES string of the molecule is CNC(=O)C(NC(=O)c1cn(C)nc1C(F)(F)F)C(OC(c1ccccc1)C(NC(=O)c1cn(C)nc1C(F)(F)F)C(=O)NC)c1ccccc1. The molecule has 0 bridgehead atoms. The van der Waals surface area contributed by atoms with Crippen LogP contribution in [0.5, 0.6) is 0 Å². The van der Waals surface area contributed by atoms with Crippen molar-refractivity contribution in [2.24, 2.45) is 14.1 Å². The van der Waals surface area contributed by atoms with Gasteiger partial charge in [-0.25, -0.2) is 0 Å². The molecule has 4 unspecified atom stereocenters. The molecule has 51 heavy (non-hydrogen) atoms. The number of nitrogens with zero attached hydrogens (tertiary/aromatic N) is 4. The highest BCUT2D eigenvalue weighted by molar-refractivity contribution is 5.99. The summed E-state index contributed by atoms with van der Waals surface area (Å²) in [7, 11) is 4.73. The Bertz CT molecular complexity index is 1730. The molecule has 0 radical (unpaired) electrons. The molecule has 0 aliphatic rings. The number of rotatable bonds is 12. The minimum atomic E-state index is -5.04. The third-order valence-corrected chi connectivity index (χ3v) is 7.47. The smallest absolute Gasteiger partial charge is 0.360 e. The zero-order valence-corrected chi connectivity index (χ0v) is 27.3. The van der Waals surface area contributed by atoms with Crippen molar-refractivity contribution in [1.29, 1.82) is 0 Å². The maximum atomic E-state index is 13.8. The molecule has 13 nitrogen and oxygen atoms in total. The Kier molecular flexibility index (Phi) is 11.5. The molecule has 4 aromatic rings.